The third kappa shape index (κ3) is 2.85. The van der Waals surface area contributed by atoms with E-state index in [1.54, 1.807) is 0 Å². The van der Waals surface area contributed by atoms with Gasteiger partial charge in [-0.25, -0.2) is 0 Å². The van der Waals surface area contributed by atoms with Crippen LogP contribution in [0.1, 0.15) is 19.0 Å². The third-order valence-corrected chi connectivity index (χ3v) is 3.39. The van der Waals surface area contributed by atoms with Gasteiger partial charge in [0.15, 0.2) is 0 Å². The standard InChI is InChI=1S/C14H20ClN3/c1-3-18-14-8-5-4-7-12(14)13(16-18)11-17(2)10-6-9-15/h4-5,7-8H,3,6,9-11H2,1-2H3. The van der Waals surface area contributed by atoms with Crippen LogP contribution in [0.4, 0.5) is 0 Å². The largest absolute Gasteiger partial charge is 0.300 e. The Morgan fingerprint density at radius 1 is 1.33 bits per heavy atom. The number of hydrogen-bond acceptors (Lipinski definition) is 2. The summed E-state index contributed by atoms with van der Waals surface area (Å²) in [6.45, 7) is 4.92. The zero-order chi connectivity index (χ0) is 13.0. The Morgan fingerprint density at radius 3 is 2.83 bits per heavy atom. The predicted molar refractivity (Wildman–Crippen MR) is 77.1 cm³/mol. The van der Waals surface area contributed by atoms with Crippen molar-refractivity contribution in [2.45, 2.75) is 26.4 Å². The number of aromatic nitrogens is 2. The molecule has 4 heteroatoms. The van der Waals surface area contributed by atoms with Crippen molar-refractivity contribution in [2.24, 2.45) is 0 Å². The number of alkyl halides is 1. The molecule has 0 aliphatic rings. The fraction of sp³-hybridized carbons (Fsp3) is 0.500. The Bertz CT molecular complexity index is 507. The van der Waals surface area contributed by atoms with Crippen LogP contribution in [-0.2, 0) is 13.1 Å². The third-order valence-electron chi connectivity index (χ3n) is 3.13. The Balaban J connectivity index is 2.22. The van der Waals surface area contributed by atoms with Gasteiger partial charge < -0.3 is 4.90 Å². The minimum Gasteiger partial charge on any atom is -0.300 e. The van der Waals surface area contributed by atoms with E-state index in [1.165, 1.54) is 10.9 Å². The topological polar surface area (TPSA) is 21.1 Å². The number of hydrogen-bond donors (Lipinski definition) is 0. The second-order valence-electron chi connectivity index (χ2n) is 4.56. The number of benzene rings is 1. The summed E-state index contributed by atoms with van der Waals surface area (Å²) in [5.41, 5.74) is 2.38. The van der Waals surface area contributed by atoms with E-state index in [-0.39, 0.29) is 0 Å². The molecule has 2 rings (SSSR count). The van der Waals surface area contributed by atoms with E-state index >= 15 is 0 Å². The molecule has 0 radical (unpaired) electrons. The van der Waals surface area contributed by atoms with Crippen molar-refractivity contribution in [3.05, 3.63) is 30.0 Å². The number of para-hydroxylation sites is 1. The van der Waals surface area contributed by atoms with Crippen LogP contribution in [-0.4, -0.2) is 34.2 Å². The van der Waals surface area contributed by atoms with Crippen LogP contribution >= 0.6 is 11.6 Å². The molecule has 1 aromatic carbocycles. The summed E-state index contributed by atoms with van der Waals surface area (Å²) < 4.78 is 2.07. The molecule has 1 aromatic heterocycles. The van der Waals surface area contributed by atoms with Crippen LogP contribution in [0.5, 0.6) is 0 Å². The van der Waals surface area contributed by atoms with E-state index in [0.29, 0.717) is 5.88 Å². The average molecular weight is 266 g/mol. The molecule has 0 saturated carbocycles. The Hall–Kier alpha value is -1.06. The molecule has 0 amide bonds. The minimum absolute atomic E-state index is 0.717. The summed E-state index contributed by atoms with van der Waals surface area (Å²) in [5.74, 6) is 0.717. The lowest BCUT2D eigenvalue weighted by molar-refractivity contribution is 0.324. The van der Waals surface area contributed by atoms with Crippen molar-refractivity contribution in [1.82, 2.24) is 14.7 Å². The van der Waals surface area contributed by atoms with Crippen molar-refractivity contribution < 1.29 is 0 Å². The first-order valence-corrected chi connectivity index (χ1v) is 6.98. The SMILES string of the molecule is CCn1nc(CN(C)CCCCl)c2ccccc21. The Morgan fingerprint density at radius 2 is 2.11 bits per heavy atom. The Kier molecular flexibility index (Phi) is 4.61. The molecule has 98 valence electrons. The maximum absolute atomic E-state index is 5.72. The smallest absolute Gasteiger partial charge is 0.0843 e. The van der Waals surface area contributed by atoms with E-state index in [0.717, 1.165) is 31.7 Å². The van der Waals surface area contributed by atoms with E-state index in [4.69, 9.17) is 16.7 Å². The molecule has 0 fully saturated rings. The molecule has 1 heterocycles. The van der Waals surface area contributed by atoms with Crippen molar-refractivity contribution >= 4 is 22.5 Å². The van der Waals surface area contributed by atoms with Crippen molar-refractivity contribution in [3.63, 3.8) is 0 Å². The Labute approximate surface area is 113 Å². The van der Waals surface area contributed by atoms with Gasteiger partial charge in [0, 0.05) is 24.4 Å². The molecule has 0 atom stereocenters. The maximum Gasteiger partial charge on any atom is 0.0843 e. The lowest BCUT2D eigenvalue weighted by Crippen LogP contribution is -2.20. The monoisotopic (exact) mass is 265 g/mol. The summed E-state index contributed by atoms with van der Waals surface area (Å²) in [6.07, 6.45) is 1.02. The average Bonchev–Trinajstić information content (AvgIpc) is 2.75. The van der Waals surface area contributed by atoms with E-state index in [9.17, 15) is 0 Å². The molecule has 0 aliphatic carbocycles. The van der Waals surface area contributed by atoms with Gasteiger partial charge in [0.1, 0.15) is 0 Å². The first-order chi connectivity index (χ1) is 8.76. The number of halogens is 1. The van der Waals surface area contributed by atoms with Gasteiger partial charge in [-0.15, -0.1) is 11.6 Å². The zero-order valence-corrected chi connectivity index (χ0v) is 11.8. The van der Waals surface area contributed by atoms with Gasteiger partial charge in [0.25, 0.3) is 0 Å². The lowest BCUT2D eigenvalue weighted by atomic mass is 10.2. The summed E-state index contributed by atoms with van der Waals surface area (Å²) in [7, 11) is 2.12. The number of fused-ring (bicyclic) bond motifs is 1. The minimum atomic E-state index is 0.717. The number of aryl methyl sites for hydroxylation is 1. The van der Waals surface area contributed by atoms with E-state index < -0.39 is 0 Å². The highest BCUT2D eigenvalue weighted by Gasteiger charge is 2.10. The van der Waals surface area contributed by atoms with Crippen LogP contribution in [0.2, 0.25) is 0 Å². The van der Waals surface area contributed by atoms with Crippen LogP contribution in [0, 0.1) is 0 Å². The van der Waals surface area contributed by atoms with Crippen LogP contribution in [0.3, 0.4) is 0 Å². The van der Waals surface area contributed by atoms with E-state index in [1.807, 2.05) is 0 Å². The van der Waals surface area contributed by atoms with Gasteiger partial charge in [-0.2, -0.15) is 5.10 Å². The second-order valence-corrected chi connectivity index (χ2v) is 4.94. The molecule has 18 heavy (non-hydrogen) atoms. The van der Waals surface area contributed by atoms with Gasteiger partial charge in [0.2, 0.25) is 0 Å². The van der Waals surface area contributed by atoms with Crippen molar-refractivity contribution in [1.29, 1.82) is 0 Å². The summed E-state index contributed by atoms with van der Waals surface area (Å²) in [6, 6.07) is 8.43. The van der Waals surface area contributed by atoms with Gasteiger partial charge >= 0.3 is 0 Å². The summed E-state index contributed by atoms with van der Waals surface area (Å²) in [4.78, 5) is 2.27. The molecule has 0 spiro atoms. The normalized spacial score (nSPS) is 11.6. The highest BCUT2D eigenvalue weighted by molar-refractivity contribution is 6.17. The number of rotatable bonds is 6. The summed E-state index contributed by atoms with van der Waals surface area (Å²) in [5, 5.41) is 5.96. The van der Waals surface area contributed by atoms with Gasteiger partial charge in [-0.3, -0.25) is 4.68 Å². The van der Waals surface area contributed by atoms with Crippen LogP contribution < -0.4 is 0 Å². The molecule has 3 nitrogen and oxygen atoms in total. The molecular formula is C14H20ClN3. The van der Waals surface area contributed by atoms with E-state index in [2.05, 4.69) is 47.8 Å². The quantitative estimate of drug-likeness (QED) is 0.749. The lowest BCUT2D eigenvalue weighted by Gasteiger charge is -2.14. The van der Waals surface area contributed by atoms with Crippen molar-refractivity contribution in [3.8, 4) is 0 Å². The first kappa shape index (κ1) is 13.4. The molecular weight excluding hydrogens is 246 g/mol. The summed E-state index contributed by atoms with van der Waals surface area (Å²) >= 11 is 5.72. The molecule has 0 saturated heterocycles. The zero-order valence-electron chi connectivity index (χ0n) is 11.1. The molecule has 0 unspecified atom stereocenters. The van der Waals surface area contributed by atoms with Gasteiger partial charge in [0.05, 0.1) is 11.2 Å². The maximum atomic E-state index is 5.72. The highest BCUT2D eigenvalue weighted by Crippen LogP contribution is 2.19. The predicted octanol–water partition coefficient (Wildman–Crippen LogP) is 3.12. The van der Waals surface area contributed by atoms with Gasteiger partial charge in [-0.1, -0.05) is 18.2 Å². The molecule has 0 N–H and O–H groups in total. The first-order valence-electron chi connectivity index (χ1n) is 6.45. The second kappa shape index (κ2) is 6.21. The van der Waals surface area contributed by atoms with Gasteiger partial charge in [-0.05, 0) is 33.0 Å². The molecule has 2 aromatic rings. The van der Waals surface area contributed by atoms with Crippen LogP contribution in [0.15, 0.2) is 24.3 Å². The molecule has 0 aliphatic heterocycles. The van der Waals surface area contributed by atoms with Crippen LogP contribution in [0.25, 0.3) is 10.9 Å². The van der Waals surface area contributed by atoms with Crippen molar-refractivity contribution in [2.75, 3.05) is 19.5 Å². The number of nitrogens with zero attached hydrogens (tertiary/aromatic N) is 3. The fourth-order valence-electron chi connectivity index (χ4n) is 2.22. The highest BCUT2D eigenvalue weighted by atomic mass is 35.5. The molecule has 0 bridgehead atoms. The fourth-order valence-corrected chi connectivity index (χ4v) is 2.34.